The van der Waals surface area contributed by atoms with Crippen LogP contribution in [0.2, 0.25) is 0 Å². The molecular formula is C5H10O5S. The monoisotopic (exact) mass is 182 g/mol. The van der Waals surface area contributed by atoms with Crippen LogP contribution in [0.15, 0.2) is 0 Å². The van der Waals surface area contributed by atoms with Crippen LogP contribution in [0.4, 0.5) is 0 Å². The predicted octanol–water partition coefficient (Wildman–Crippen LogP) is -1.28. The minimum atomic E-state index is -3.45. The zero-order valence-electron chi connectivity index (χ0n) is 6.11. The van der Waals surface area contributed by atoms with E-state index in [1.165, 1.54) is 0 Å². The molecular weight excluding hydrogens is 172 g/mol. The highest BCUT2D eigenvalue weighted by atomic mass is 32.2. The molecule has 0 aromatic rings. The lowest BCUT2D eigenvalue weighted by Gasteiger charge is -2.35. The van der Waals surface area contributed by atoms with E-state index in [2.05, 4.69) is 8.92 Å². The first-order valence-electron chi connectivity index (χ1n) is 3.06. The molecule has 1 N–H and O–H groups in total. The van der Waals surface area contributed by atoms with Crippen molar-refractivity contribution < 1.29 is 22.4 Å². The fourth-order valence-electron chi connectivity index (χ4n) is 0.638. The summed E-state index contributed by atoms with van der Waals surface area (Å²) in [5, 5.41) is 9.26. The van der Waals surface area contributed by atoms with Crippen LogP contribution < -0.4 is 0 Å². The smallest absolute Gasteiger partial charge is 0.264 e. The molecule has 0 atom stereocenters. The van der Waals surface area contributed by atoms with Crippen LogP contribution in [0.25, 0.3) is 0 Å². The molecule has 11 heavy (non-hydrogen) atoms. The standard InChI is InChI=1S/C5H10O5S/c1-11(7,8)10-4-5(6)2-9-3-5/h6H,2-4H2,1H3. The summed E-state index contributed by atoms with van der Waals surface area (Å²) in [6.45, 7) is 0.0663. The van der Waals surface area contributed by atoms with Gasteiger partial charge in [0.05, 0.1) is 26.1 Å². The van der Waals surface area contributed by atoms with Gasteiger partial charge in [-0.1, -0.05) is 0 Å². The van der Waals surface area contributed by atoms with Crippen molar-refractivity contribution in [2.75, 3.05) is 26.1 Å². The van der Waals surface area contributed by atoms with Crippen LogP contribution in [0, 0.1) is 0 Å². The van der Waals surface area contributed by atoms with Gasteiger partial charge in [0.1, 0.15) is 5.60 Å². The minimum Gasteiger partial charge on any atom is -0.383 e. The lowest BCUT2D eigenvalue weighted by Crippen LogP contribution is -2.53. The molecule has 1 rings (SSSR count). The summed E-state index contributed by atoms with van der Waals surface area (Å²) >= 11 is 0. The molecule has 1 aliphatic rings. The van der Waals surface area contributed by atoms with Crippen LogP contribution in [-0.2, 0) is 19.0 Å². The minimum absolute atomic E-state index is 0.141. The molecule has 1 fully saturated rings. The zero-order chi connectivity index (χ0) is 8.54. The van der Waals surface area contributed by atoms with E-state index in [9.17, 15) is 13.5 Å². The summed E-state index contributed by atoms with van der Waals surface area (Å²) in [5.41, 5.74) is -1.09. The van der Waals surface area contributed by atoms with Gasteiger partial charge in [0.15, 0.2) is 0 Å². The molecule has 66 valence electrons. The Hall–Kier alpha value is -0.170. The second kappa shape index (κ2) is 2.71. The second-order valence-electron chi connectivity index (χ2n) is 2.68. The lowest BCUT2D eigenvalue weighted by atomic mass is 10.1. The van der Waals surface area contributed by atoms with Gasteiger partial charge in [-0.25, -0.2) is 0 Å². The fourth-order valence-corrected chi connectivity index (χ4v) is 1.07. The van der Waals surface area contributed by atoms with E-state index < -0.39 is 15.7 Å². The van der Waals surface area contributed by atoms with Crippen LogP contribution in [-0.4, -0.2) is 45.2 Å². The van der Waals surface area contributed by atoms with Crippen molar-refractivity contribution in [3.8, 4) is 0 Å². The molecule has 0 aromatic heterocycles. The maximum absolute atomic E-state index is 10.4. The number of hydrogen-bond donors (Lipinski definition) is 1. The van der Waals surface area contributed by atoms with E-state index in [1.54, 1.807) is 0 Å². The maximum Gasteiger partial charge on any atom is 0.264 e. The molecule has 6 heteroatoms. The summed E-state index contributed by atoms with van der Waals surface area (Å²) < 4.78 is 29.9. The molecule has 0 saturated carbocycles. The Balaban J connectivity index is 2.33. The summed E-state index contributed by atoms with van der Waals surface area (Å²) in [4.78, 5) is 0. The quantitative estimate of drug-likeness (QED) is 0.550. The molecule has 5 nitrogen and oxygen atoms in total. The average Bonchev–Trinajstić information content (AvgIpc) is 1.77. The molecule has 0 bridgehead atoms. The Morgan fingerprint density at radius 2 is 2.18 bits per heavy atom. The predicted molar refractivity (Wildman–Crippen MR) is 36.6 cm³/mol. The molecule has 0 aromatic carbocycles. The largest absolute Gasteiger partial charge is 0.383 e. The highest BCUT2D eigenvalue weighted by Crippen LogP contribution is 2.16. The van der Waals surface area contributed by atoms with E-state index in [4.69, 9.17) is 0 Å². The molecule has 1 aliphatic heterocycles. The normalized spacial score (nSPS) is 22.7. The SMILES string of the molecule is CS(=O)(=O)OCC1(O)COC1. The van der Waals surface area contributed by atoms with E-state index in [0.717, 1.165) is 6.26 Å². The molecule has 1 heterocycles. The zero-order valence-corrected chi connectivity index (χ0v) is 6.93. The number of rotatable bonds is 3. The lowest BCUT2D eigenvalue weighted by molar-refractivity contribution is -0.191. The highest BCUT2D eigenvalue weighted by molar-refractivity contribution is 7.85. The van der Waals surface area contributed by atoms with Gasteiger partial charge in [0, 0.05) is 0 Å². The summed E-state index contributed by atoms with van der Waals surface area (Å²) in [5.74, 6) is 0. The molecule has 0 spiro atoms. The summed E-state index contributed by atoms with van der Waals surface area (Å²) in [7, 11) is -3.45. The second-order valence-corrected chi connectivity index (χ2v) is 4.33. The Kier molecular flexibility index (Phi) is 2.19. The van der Waals surface area contributed by atoms with Gasteiger partial charge in [-0.15, -0.1) is 0 Å². The highest BCUT2D eigenvalue weighted by Gasteiger charge is 2.37. The van der Waals surface area contributed by atoms with Crippen LogP contribution in [0.5, 0.6) is 0 Å². The fraction of sp³-hybridized carbons (Fsp3) is 1.00. The van der Waals surface area contributed by atoms with E-state index in [1.807, 2.05) is 0 Å². The third-order valence-electron chi connectivity index (χ3n) is 1.28. The van der Waals surface area contributed by atoms with E-state index in [0.29, 0.717) is 0 Å². The van der Waals surface area contributed by atoms with Crippen LogP contribution in [0.3, 0.4) is 0 Å². The van der Waals surface area contributed by atoms with Crippen molar-refractivity contribution in [1.82, 2.24) is 0 Å². The number of aliphatic hydroxyl groups is 1. The van der Waals surface area contributed by atoms with Crippen molar-refractivity contribution in [3.63, 3.8) is 0 Å². The Labute approximate surface area is 65.0 Å². The van der Waals surface area contributed by atoms with Crippen molar-refractivity contribution >= 4 is 10.1 Å². The molecule has 0 amide bonds. The third kappa shape index (κ3) is 2.74. The van der Waals surface area contributed by atoms with Crippen molar-refractivity contribution in [2.45, 2.75) is 5.60 Å². The van der Waals surface area contributed by atoms with E-state index >= 15 is 0 Å². The summed E-state index contributed by atoms with van der Waals surface area (Å²) in [6.07, 6.45) is 0.940. The Morgan fingerprint density at radius 1 is 1.64 bits per heavy atom. The molecule has 0 unspecified atom stereocenters. The van der Waals surface area contributed by atoms with Gasteiger partial charge in [-0.2, -0.15) is 8.42 Å². The number of hydrogen-bond acceptors (Lipinski definition) is 5. The van der Waals surface area contributed by atoms with Crippen molar-refractivity contribution in [1.29, 1.82) is 0 Å². The first kappa shape index (κ1) is 8.92. The Morgan fingerprint density at radius 3 is 2.45 bits per heavy atom. The topological polar surface area (TPSA) is 72.8 Å². The van der Waals surface area contributed by atoms with Gasteiger partial charge in [0.2, 0.25) is 0 Å². The molecule has 0 radical (unpaired) electrons. The van der Waals surface area contributed by atoms with Gasteiger partial charge in [-0.3, -0.25) is 4.18 Å². The maximum atomic E-state index is 10.4. The average molecular weight is 182 g/mol. The van der Waals surface area contributed by atoms with Gasteiger partial charge in [-0.05, 0) is 0 Å². The van der Waals surface area contributed by atoms with Crippen LogP contribution in [0.1, 0.15) is 0 Å². The van der Waals surface area contributed by atoms with Crippen LogP contribution >= 0.6 is 0 Å². The number of ether oxygens (including phenoxy) is 1. The van der Waals surface area contributed by atoms with Gasteiger partial charge < -0.3 is 9.84 Å². The molecule has 0 aliphatic carbocycles. The third-order valence-corrected chi connectivity index (χ3v) is 1.83. The van der Waals surface area contributed by atoms with Gasteiger partial charge in [0.25, 0.3) is 10.1 Å². The van der Waals surface area contributed by atoms with Gasteiger partial charge >= 0.3 is 0 Å². The first-order valence-corrected chi connectivity index (χ1v) is 4.88. The Bertz CT molecular complexity index is 227. The molecule has 1 saturated heterocycles. The van der Waals surface area contributed by atoms with Crippen molar-refractivity contribution in [3.05, 3.63) is 0 Å². The van der Waals surface area contributed by atoms with Crippen molar-refractivity contribution in [2.24, 2.45) is 0 Å². The van der Waals surface area contributed by atoms with E-state index in [-0.39, 0.29) is 19.8 Å². The summed E-state index contributed by atoms with van der Waals surface area (Å²) in [6, 6.07) is 0. The first-order chi connectivity index (χ1) is 4.91.